The summed E-state index contributed by atoms with van der Waals surface area (Å²) >= 11 is 0. The molecule has 0 fully saturated rings. The lowest BCUT2D eigenvalue weighted by Gasteiger charge is -2.35. The molecule has 0 aromatic heterocycles. The highest BCUT2D eigenvalue weighted by atomic mass is 16.5. The van der Waals surface area contributed by atoms with E-state index in [1.807, 2.05) is 84.9 Å². The van der Waals surface area contributed by atoms with Crippen molar-refractivity contribution in [1.29, 1.82) is 0 Å². The van der Waals surface area contributed by atoms with E-state index in [0.717, 1.165) is 55.6 Å². The van der Waals surface area contributed by atoms with Gasteiger partial charge >= 0.3 is 11.9 Å². The van der Waals surface area contributed by atoms with Crippen LogP contribution in [0, 0.1) is 0 Å². The van der Waals surface area contributed by atoms with E-state index in [9.17, 15) is 9.59 Å². The third-order valence-electron chi connectivity index (χ3n) is 9.05. The van der Waals surface area contributed by atoms with Crippen LogP contribution in [0.2, 0.25) is 0 Å². The van der Waals surface area contributed by atoms with E-state index in [-0.39, 0.29) is 0 Å². The Bertz CT molecular complexity index is 2100. The summed E-state index contributed by atoms with van der Waals surface area (Å²) in [6.45, 7) is 10.9. The van der Waals surface area contributed by atoms with Crippen LogP contribution >= 0.6 is 0 Å². The molecule has 0 aliphatic heterocycles. The molecule has 6 aromatic carbocycles. The molecule has 4 heteroatoms. The Morgan fingerprint density at radius 2 is 0.837 bits per heavy atom. The zero-order valence-electron chi connectivity index (χ0n) is 27.4. The van der Waals surface area contributed by atoms with Crippen molar-refractivity contribution in [2.75, 3.05) is 0 Å². The van der Waals surface area contributed by atoms with E-state index in [4.69, 9.17) is 9.47 Å². The maximum atomic E-state index is 12.8. The zero-order valence-corrected chi connectivity index (χ0v) is 27.4. The molecule has 0 amide bonds. The normalized spacial score (nSPS) is 12.4. The second-order valence-electron chi connectivity index (χ2n) is 12.3. The summed E-state index contributed by atoms with van der Waals surface area (Å²) in [4.78, 5) is 25.6. The summed E-state index contributed by atoms with van der Waals surface area (Å²) in [5.74, 6) is -0.0680. The topological polar surface area (TPSA) is 52.6 Å². The molecule has 4 nitrogen and oxygen atoms in total. The van der Waals surface area contributed by atoms with Crippen LogP contribution in [0.3, 0.4) is 0 Å². The lowest BCUT2D eigenvalue weighted by Crippen LogP contribution is -2.29. The lowest BCUT2D eigenvalue weighted by atomic mass is 9.67. The van der Waals surface area contributed by atoms with Crippen molar-refractivity contribution in [3.05, 3.63) is 192 Å². The number of carbonyl (C=O) groups excluding carboxylic acids is 2. The molecular formula is C45H34O4. The molecule has 1 aliphatic rings. The summed E-state index contributed by atoms with van der Waals surface area (Å²) in [6.07, 6.45) is 0. The maximum Gasteiger partial charge on any atom is 0.338 e. The van der Waals surface area contributed by atoms with Crippen LogP contribution < -0.4 is 9.47 Å². The molecule has 1 aliphatic carbocycles. The van der Waals surface area contributed by atoms with Crippen LogP contribution in [-0.2, 0) is 15.0 Å². The molecule has 49 heavy (non-hydrogen) atoms. The van der Waals surface area contributed by atoms with Gasteiger partial charge in [0.25, 0.3) is 0 Å². The van der Waals surface area contributed by atoms with Gasteiger partial charge in [0.05, 0.1) is 5.41 Å². The highest BCUT2D eigenvalue weighted by molar-refractivity contribution is 5.92. The maximum absolute atomic E-state index is 12.8. The van der Waals surface area contributed by atoms with Crippen molar-refractivity contribution in [3.8, 4) is 44.9 Å². The van der Waals surface area contributed by atoms with E-state index in [2.05, 4.69) is 73.8 Å². The zero-order chi connectivity index (χ0) is 34.1. The number of rotatable bonds is 8. The van der Waals surface area contributed by atoms with Crippen LogP contribution in [0.1, 0.15) is 36.1 Å². The fourth-order valence-corrected chi connectivity index (χ4v) is 6.79. The molecule has 7 rings (SSSR count). The summed E-state index contributed by atoms with van der Waals surface area (Å²) in [6, 6.07) is 48.9. The van der Waals surface area contributed by atoms with Gasteiger partial charge in [-0.15, -0.1) is 0 Å². The predicted octanol–water partition coefficient (Wildman–Crippen LogP) is 10.3. The van der Waals surface area contributed by atoms with Gasteiger partial charge in [-0.3, -0.25) is 0 Å². The van der Waals surface area contributed by atoms with E-state index in [1.54, 1.807) is 13.8 Å². The van der Waals surface area contributed by atoms with E-state index < -0.39 is 17.4 Å². The van der Waals surface area contributed by atoms with Crippen molar-refractivity contribution >= 4 is 11.9 Å². The minimum absolute atomic E-state index is 0.319. The standard InChI is InChI=1S/C45H34O4/c1-29(2)43(46)48-41-25-23-33(27-37(41)31-15-7-5-8-16-31)45(39-21-13-11-19-35(39)36-20-12-14-22-40(36)45)34-24-26-42(49-44(47)30(3)4)38(28-34)32-17-9-6-10-18-32/h5-28H,1,3H2,2,4H3. The Hall–Kier alpha value is -6.26. The second kappa shape index (κ2) is 12.7. The number of fused-ring (bicyclic) bond motifs is 3. The molecule has 0 spiro atoms. The van der Waals surface area contributed by atoms with Crippen molar-refractivity contribution in [1.82, 2.24) is 0 Å². The quantitative estimate of drug-likeness (QED) is 0.0944. The first-order valence-electron chi connectivity index (χ1n) is 16.1. The highest BCUT2D eigenvalue weighted by Crippen LogP contribution is 2.57. The van der Waals surface area contributed by atoms with Gasteiger partial charge in [-0.1, -0.05) is 134 Å². The minimum atomic E-state index is -0.784. The Balaban J connectivity index is 1.55. The van der Waals surface area contributed by atoms with E-state index >= 15 is 0 Å². The first-order chi connectivity index (χ1) is 23.8. The van der Waals surface area contributed by atoms with Crippen LogP contribution in [0.15, 0.2) is 170 Å². The third kappa shape index (κ3) is 5.47. The summed E-state index contributed by atoms with van der Waals surface area (Å²) < 4.78 is 11.8. The molecule has 0 atom stereocenters. The van der Waals surface area contributed by atoms with Crippen LogP contribution in [-0.4, -0.2) is 11.9 Å². The number of ether oxygens (including phenoxy) is 2. The monoisotopic (exact) mass is 638 g/mol. The number of benzene rings is 6. The number of hydrogen-bond donors (Lipinski definition) is 0. The average molecular weight is 639 g/mol. The first-order valence-corrected chi connectivity index (χ1v) is 16.1. The van der Waals surface area contributed by atoms with Crippen LogP contribution in [0.5, 0.6) is 11.5 Å². The first kappa shape index (κ1) is 31.3. The van der Waals surface area contributed by atoms with Crippen LogP contribution in [0.4, 0.5) is 0 Å². The van der Waals surface area contributed by atoms with Gasteiger partial charge in [0.2, 0.25) is 0 Å². The SMILES string of the molecule is C=C(C)C(=O)Oc1ccc(C2(c3ccc(OC(=O)C(=C)C)c(-c4ccccc4)c3)c3ccccc3-c3ccccc32)cc1-c1ccccc1. The predicted molar refractivity (Wildman–Crippen MR) is 196 cm³/mol. The second-order valence-corrected chi connectivity index (χ2v) is 12.3. The number of carbonyl (C=O) groups is 2. The largest absolute Gasteiger partial charge is 0.423 e. The Morgan fingerprint density at radius 1 is 0.469 bits per heavy atom. The van der Waals surface area contributed by atoms with Crippen molar-refractivity contribution in [2.24, 2.45) is 0 Å². The molecule has 0 radical (unpaired) electrons. The fraction of sp³-hybridized carbons (Fsp3) is 0.0667. The summed E-state index contributed by atoms with van der Waals surface area (Å²) in [5, 5.41) is 0. The molecule has 0 saturated carbocycles. The molecular weight excluding hydrogens is 604 g/mol. The smallest absolute Gasteiger partial charge is 0.338 e. The van der Waals surface area contributed by atoms with Crippen LogP contribution in [0.25, 0.3) is 33.4 Å². The van der Waals surface area contributed by atoms with E-state index in [1.165, 1.54) is 0 Å². The average Bonchev–Trinajstić information content (AvgIpc) is 3.43. The summed E-state index contributed by atoms with van der Waals surface area (Å²) in [5.41, 5.74) is 9.73. The van der Waals surface area contributed by atoms with Crippen molar-refractivity contribution in [3.63, 3.8) is 0 Å². The number of hydrogen-bond acceptors (Lipinski definition) is 4. The van der Waals surface area contributed by atoms with Gasteiger partial charge in [0.15, 0.2) is 0 Å². The molecule has 0 N–H and O–H groups in total. The van der Waals surface area contributed by atoms with Gasteiger partial charge in [0.1, 0.15) is 11.5 Å². The van der Waals surface area contributed by atoms with E-state index in [0.29, 0.717) is 22.6 Å². The van der Waals surface area contributed by atoms with Gasteiger partial charge < -0.3 is 9.47 Å². The van der Waals surface area contributed by atoms with Crippen molar-refractivity contribution < 1.29 is 19.1 Å². The molecule has 0 heterocycles. The van der Waals surface area contributed by atoms with Gasteiger partial charge in [-0.05, 0) is 82.6 Å². The molecule has 0 saturated heterocycles. The van der Waals surface area contributed by atoms with Gasteiger partial charge in [-0.2, -0.15) is 0 Å². The molecule has 6 aromatic rings. The van der Waals surface area contributed by atoms with Gasteiger partial charge in [-0.25, -0.2) is 9.59 Å². The van der Waals surface area contributed by atoms with Gasteiger partial charge in [0, 0.05) is 22.3 Å². The Morgan fingerprint density at radius 3 is 1.22 bits per heavy atom. The Kier molecular flexibility index (Phi) is 8.15. The lowest BCUT2D eigenvalue weighted by molar-refractivity contribution is -0.130. The molecule has 238 valence electrons. The Labute approximate surface area is 286 Å². The van der Waals surface area contributed by atoms with Crippen molar-refractivity contribution in [2.45, 2.75) is 19.3 Å². The number of esters is 2. The minimum Gasteiger partial charge on any atom is -0.423 e. The molecule has 0 bridgehead atoms. The third-order valence-corrected chi connectivity index (χ3v) is 9.05. The fourth-order valence-electron chi connectivity index (χ4n) is 6.79. The summed E-state index contributed by atoms with van der Waals surface area (Å²) in [7, 11) is 0. The highest BCUT2D eigenvalue weighted by Gasteiger charge is 2.46. The molecule has 0 unspecified atom stereocenters.